The Hall–Kier alpha value is -0.450. The van der Waals surface area contributed by atoms with Gasteiger partial charge in [0.2, 0.25) is 5.60 Å². The van der Waals surface area contributed by atoms with Crippen LogP contribution < -0.4 is 0 Å². The van der Waals surface area contributed by atoms with Crippen molar-refractivity contribution in [1.82, 2.24) is 0 Å². The van der Waals surface area contributed by atoms with Crippen LogP contribution in [0.5, 0.6) is 0 Å². The quantitative estimate of drug-likeness (QED) is 0.357. The molecule has 16 heavy (non-hydrogen) atoms. The van der Waals surface area contributed by atoms with Gasteiger partial charge in [-0.25, -0.2) is 0 Å². The summed E-state index contributed by atoms with van der Waals surface area (Å²) in [6, 6.07) is 0. The van der Waals surface area contributed by atoms with E-state index in [9.17, 15) is 13.2 Å². The Morgan fingerprint density at radius 3 is 2.06 bits per heavy atom. The Kier molecular flexibility index (Phi) is 3.48. The van der Waals surface area contributed by atoms with Gasteiger partial charge in [0.15, 0.2) is 6.29 Å². The molecule has 0 amide bonds. The Labute approximate surface area is 87.5 Å². The van der Waals surface area contributed by atoms with Crippen LogP contribution in [0.1, 0.15) is 0 Å². The maximum Gasteiger partial charge on any atom is 0.424 e. The van der Waals surface area contributed by atoms with Crippen LogP contribution >= 0.6 is 0 Å². The number of hydrogen-bond donors (Lipinski definition) is 5. The van der Waals surface area contributed by atoms with Gasteiger partial charge in [-0.2, -0.15) is 13.2 Å². The van der Waals surface area contributed by atoms with Gasteiger partial charge in [0.05, 0.1) is 6.61 Å². The highest BCUT2D eigenvalue weighted by atomic mass is 19.4. The molecule has 6 nitrogen and oxygen atoms in total. The molecule has 1 saturated heterocycles. The Morgan fingerprint density at radius 1 is 1.19 bits per heavy atom. The number of aliphatic hydroxyl groups is 5. The van der Waals surface area contributed by atoms with Crippen LogP contribution in [0.15, 0.2) is 0 Å². The summed E-state index contributed by atoms with van der Waals surface area (Å²) >= 11 is 0. The monoisotopic (exact) mass is 248 g/mol. The van der Waals surface area contributed by atoms with Crippen LogP contribution in [0.3, 0.4) is 0 Å². The van der Waals surface area contributed by atoms with Gasteiger partial charge in [-0.15, -0.1) is 0 Å². The molecule has 5 atom stereocenters. The van der Waals surface area contributed by atoms with Crippen molar-refractivity contribution in [3.63, 3.8) is 0 Å². The maximum atomic E-state index is 12.4. The molecule has 1 heterocycles. The van der Waals surface area contributed by atoms with E-state index in [0.29, 0.717) is 0 Å². The van der Waals surface area contributed by atoms with Gasteiger partial charge in [0.1, 0.15) is 18.3 Å². The molecule has 1 aliphatic heterocycles. The number of hydrogen-bond acceptors (Lipinski definition) is 6. The van der Waals surface area contributed by atoms with E-state index in [-0.39, 0.29) is 0 Å². The molecule has 0 saturated carbocycles. The lowest BCUT2D eigenvalue weighted by Gasteiger charge is -2.46. The second-order valence-electron chi connectivity index (χ2n) is 3.47. The van der Waals surface area contributed by atoms with E-state index in [1.54, 1.807) is 0 Å². The van der Waals surface area contributed by atoms with Crippen LogP contribution in [-0.2, 0) is 4.74 Å². The van der Waals surface area contributed by atoms with Gasteiger partial charge in [-0.05, 0) is 0 Å². The van der Waals surface area contributed by atoms with Gasteiger partial charge >= 0.3 is 6.18 Å². The average Bonchev–Trinajstić information content (AvgIpc) is 2.18. The molecule has 0 aromatic carbocycles. The molecule has 1 fully saturated rings. The third kappa shape index (κ3) is 1.79. The standard InChI is InChI=1S/C7H11F3O6/c8-7(9,10)6(15)4(13)3(12)2(1-11)16-5(6)14/h2-5,11-15H,1H2/t2-,3-,4+,5?,6-/m1/s1. The second kappa shape index (κ2) is 4.09. The molecule has 0 aromatic rings. The number of rotatable bonds is 1. The van der Waals surface area contributed by atoms with Gasteiger partial charge < -0.3 is 30.3 Å². The minimum absolute atomic E-state index is 0.913. The predicted octanol–water partition coefficient (Wildman–Crippen LogP) is -2.29. The minimum atomic E-state index is -5.40. The molecule has 0 radical (unpaired) electrons. The molecule has 0 spiro atoms. The fraction of sp³-hybridized carbons (Fsp3) is 1.00. The van der Waals surface area contributed by atoms with E-state index in [1.807, 2.05) is 0 Å². The number of alkyl halides is 3. The van der Waals surface area contributed by atoms with Crippen LogP contribution in [-0.4, -0.2) is 68.5 Å². The summed E-state index contributed by atoms with van der Waals surface area (Å²) in [5, 5.41) is 45.0. The fourth-order valence-corrected chi connectivity index (χ4v) is 1.42. The highest BCUT2D eigenvalue weighted by molar-refractivity contribution is 5.04. The second-order valence-corrected chi connectivity index (χ2v) is 3.47. The predicted molar refractivity (Wildman–Crippen MR) is 41.0 cm³/mol. The number of aliphatic hydroxyl groups excluding tert-OH is 4. The lowest BCUT2D eigenvalue weighted by Crippen LogP contribution is -2.72. The largest absolute Gasteiger partial charge is 0.424 e. The lowest BCUT2D eigenvalue weighted by atomic mass is 9.86. The smallest absolute Gasteiger partial charge is 0.394 e. The highest BCUT2D eigenvalue weighted by Gasteiger charge is 2.68. The normalized spacial score (nSPS) is 45.8. The van der Waals surface area contributed by atoms with Crippen molar-refractivity contribution in [2.45, 2.75) is 36.4 Å². The van der Waals surface area contributed by atoms with Crippen LogP contribution in [0.4, 0.5) is 13.2 Å². The van der Waals surface area contributed by atoms with E-state index in [1.165, 1.54) is 0 Å². The van der Waals surface area contributed by atoms with Crippen LogP contribution in [0.25, 0.3) is 0 Å². The molecule has 1 rings (SSSR count). The summed E-state index contributed by atoms with van der Waals surface area (Å²) in [7, 11) is 0. The first-order valence-electron chi connectivity index (χ1n) is 4.26. The molecule has 96 valence electrons. The summed E-state index contributed by atoms with van der Waals surface area (Å²) in [5.74, 6) is 0. The number of halogens is 3. The van der Waals surface area contributed by atoms with E-state index < -0.39 is 43.0 Å². The van der Waals surface area contributed by atoms with Gasteiger partial charge in [0.25, 0.3) is 0 Å². The summed E-state index contributed by atoms with van der Waals surface area (Å²) in [6.07, 6.45) is -14.7. The summed E-state index contributed by atoms with van der Waals surface area (Å²) in [5.41, 5.74) is -3.99. The zero-order chi connectivity index (χ0) is 12.7. The van der Waals surface area contributed by atoms with Gasteiger partial charge in [0, 0.05) is 0 Å². The van der Waals surface area contributed by atoms with Crippen molar-refractivity contribution < 1.29 is 43.4 Å². The van der Waals surface area contributed by atoms with Crippen molar-refractivity contribution in [3.8, 4) is 0 Å². The lowest BCUT2D eigenvalue weighted by molar-refractivity contribution is -0.404. The average molecular weight is 248 g/mol. The van der Waals surface area contributed by atoms with E-state index >= 15 is 0 Å². The van der Waals surface area contributed by atoms with Crippen molar-refractivity contribution in [1.29, 1.82) is 0 Å². The Balaban J connectivity index is 3.05. The van der Waals surface area contributed by atoms with E-state index in [4.69, 9.17) is 25.5 Å². The molecule has 0 aliphatic carbocycles. The first-order valence-corrected chi connectivity index (χ1v) is 4.26. The van der Waals surface area contributed by atoms with Gasteiger partial charge in [-0.1, -0.05) is 0 Å². The molecule has 1 unspecified atom stereocenters. The molecule has 5 N–H and O–H groups in total. The summed E-state index contributed by atoms with van der Waals surface area (Å²) in [6.45, 7) is -0.913. The molecule has 0 aromatic heterocycles. The van der Waals surface area contributed by atoms with Crippen molar-refractivity contribution in [2.24, 2.45) is 0 Å². The molecular formula is C7H11F3O6. The topological polar surface area (TPSA) is 110 Å². The van der Waals surface area contributed by atoms with E-state index in [0.717, 1.165) is 0 Å². The highest BCUT2D eigenvalue weighted by Crippen LogP contribution is 2.41. The Bertz CT molecular complexity index is 259. The van der Waals surface area contributed by atoms with Crippen molar-refractivity contribution in [2.75, 3.05) is 6.61 Å². The fourth-order valence-electron chi connectivity index (χ4n) is 1.42. The number of ether oxygens (including phenoxy) is 1. The van der Waals surface area contributed by atoms with Crippen LogP contribution in [0, 0.1) is 0 Å². The van der Waals surface area contributed by atoms with E-state index in [2.05, 4.69) is 4.74 Å². The third-order valence-electron chi connectivity index (χ3n) is 2.47. The summed E-state index contributed by atoms with van der Waals surface area (Å²) < 4.78 is 41.4. The Morgan fingerprint density at radius 2 is 1.69 bits per heavy atom. The van der Waals surface area contributed by atoms with Crippen LogP contribution in [0.2, 0.25) is 0 Å². The molecule has 9 heteroatoms. The third-order valence-corrected chi connectivity index (χ3v) is 2.47. The first-order chi connectivity index (χ1) is 7.16. The SMILES string of the molecule is OC[C@H]1OC(O)[C@@](O)(C(F)(F)F)[C@@H](O)[C@@H]1O. The summed E-state index contributed by atoms with van der Waals surface area (Å²) in [4.78, 5) is 0. The molecule has 0 bridgehead atoms. The first kappa shape index (κ1) is 13.6. The maximum absolute atomic E-state index is 12.4. The minimum Gasteiger partial charge on any atom is -0.394 e. The molecule has 1 aliphatic rings. The molecular weight excluding hydrogens is 237 g/mol. The van der Waals surface area contributed by atoms with Crippen molar-refractivity contribution >= 4 is 0 Å². The zero-order valence-corrected chi connectivity index (χ0v) is 7.79. The van der Waals surface area contributed by atoms with Crippen molar-refractivity contribution in [3.05, 3.63) is 0 Å². The van der Waals surface area contributed by atoms with Gasteiger partial charge in [-0.3, -0.25) is 0 Å². The zero-order valence-electron chi connectivity index (χ0n) is 7.79.